The van der Waals surface area contributed by atoms with Crippen LogP contribution in [-0.4, -0.2) is 23.3 Å². The summed E-state index contributed by atoms with van der Waals surface area (Å²) in [5.74, 6) is -0.316. The largest absolute Gasteiger partial charge is 0.292 e. The maximum atomic E-state index is 12.7. The van der Waals surface area contributed by atoms with Crippen molar-refractivity contribution in [3.63, 3.8) is 0 Å². The lowest BCUT2D eigenvalue weighted by Crippen LogP contribution is -2.54. The number of nitriles is 1. The van der Waals surface area contributed by atoms with E-state index in [1.165, 1.54) is 0 Å². The monoisotopic (exact) mass is 264 g/mol. The predicted molar refractivity (Wildman–Crippen MR) is 76.7 cm³/mol. The Morgan fingerprint density at radius 2 is 2.20 bits per heavy atom. The van der Waals surface area contributed by atoms with Gasteiger partial charge in [-0.1, -0.05) is 42.5 Å². The third kappa shape index (κ3) is 1.52. The number of fused-ring (bicyclic) bond motifs is 2. The van der Waals surface area contributed by atoms with Crippen LogP contribution in [0.25, 0.3) is 0 Å². The summed E-state index contributed by atoms with van der Waals surface area (Å²) in [5, 5.41) is 9.56. The Kier molecular flexibility index (Phi) is 3.04. The van der Waals surface area contributed by atoms with Gasteiger partial charge in [0.25, 0.3) is 0 Å². The summed E-state index contributed by atoms with van der Waals surface area (Å²) >= 11 is 0. The normalized spacial score (nSPS) is 32.0. The second kappa shape index (κ2) is 4.73. The SMILES string of the molecule is C=CCN1[C@H]2C=CC(=O)[C@]1(c1ccccc1)C(C#N)C2. The second-order valence-corrected chi connectivity index (χ2v) is 5.28. The molecule has 2 aliphatic heterocycles. The minimum Gasteiger partial charge on any atom is -0.292 e. The Morgan fingerprint density at radius 3 is 2.85 bits per heavy atom. The number of benzene rings is 1. The van der Waals surface area contributed by atoms with E-state index in [1.54, 1.807) is 12.2 Å². The van der Waals surface area contributed by atoms with E-state index in [-0.39, 0.29) is 17.7 Å². The van der Waals surface area contributed by atoms with Crippen LogP contribution in [0.1, 0.15) is 12.0 Å². The van der Waals surface area contributed by atoms with Crippen LogP contribution in [0.4, 0.5) is 0 Å². The smallest absolute Gasteiger partial charge is 0.181 e. The van der Waals surface area contributed by atoms with Crippen LogP contribution < -0.4 is 0 Å². The minimum absolute atomic E-state index is 0.00542. The molecule has 0 aliphatic carbocycles. The van der Waals surface area contributed by atoms with E-state index >= 15 is 0 Å². The summed E-state index contributed by atoms with van der Waals surface area (Å²) in [4.78, 5) is 14.8. The number of ketones is 1. The van der Waals surface area contributed by atoms with Gasteiger partial charge in [0.2, 0.25) is 0 Å². The molecule has 3 atom stereocenters. The van der Waals surface area contributed by atoms with Gasteiger partial charge >= 0.3 is 0 Å². The highest BCUT2D eigenvalue weighted by Crippen LogP contribution is 2.49. The van der Waals surface area contributed by atoms with Crippen molar-refractivity contribution in [3.8, 4) is 6.07 Å². The van der Waals surface area contributed by atoms with Gasteiger partial charge in [-0.25, -0.2) is 0 Å². The first-order valence-electron chi connectivity index (χ1n) is 6.80. The van der Waals surface area contributed by atoms with Crippen LogP contribution in [0.2, 0.25) is 0 Å². The highest BCUT2D eigenvalue weighted by Gasteiger charge is 2.59. The first-order valence-corrected chi connectivity index (χ1v) is 6.80. The van der Waals surface area contributed by atoms with Crippen molar-refractivity contribution in [2.24, 2.45) is 5.92 Å². The molecule has 3 heteroatoms. The Labute approximate surface area is 118 Å². The molecule has 0 N–H and O–H groups in total. The predicted octanol–water partition coefficient (Wildman–Crippen LogP) is 2.42. The van der Waals surface area contributed by atoms with Gasteiger partial charge in [0.05, 0.1) is 12.0 Å². The molecule has 1 fully saturated rings. The van der Waals surface area contributed by atoms with Crippen molar-refractivity contribution < 1.29 is 4.79 Å². The maximum absolute atomic E-state index is 12.7. The van der Waals surface area contributed by atoms with E-state index in [2.05, 4.69) is 17.5 Å². The van der Waals surface area contributed by atoms with Crippen molar-refractivity contribution in [3.05, 3.63) is 60.7 Å². The molecule has 20 heavy (non-hydrogen) atoms. The highest BCUT2D eigenvalue weighted by molar-refractivity contribution is 6.01. The Morgan fingerprint density at radius 1 is 1.45 bits per heavy atom. The van der Waals surface area contributed by atoms with Crippen molar-refractivity contribution in [2.75, 3.05) is 6.54 Å². The van der Waals surface area contributed by atoms with Gasteiger partial charge in [0.1, 0.15) is 5.54 Å². The van der Waals surface area contributed by atoms with Crippen LogP contribution in [0.3, 0.4) is 0 Å². The molecule has 0 radical (unpaired) electrons. The standard InChI is InChI=1S/C17H16N2O/c1-2-10-19-15-8-9-16(20)17(19,14(11-15)12-18)13-6-4-3-5-7-13/h2-9,14-15H,1,10-11H2/t14?,15-,17-/m0/s1. The summed E-state index contributed by atoms with van der Waals surface area (Å²) in [6.45, 7) is 4.40. The molecule has 0 aromatic heterocycles. The summed E-state index contributed by atoms with van der Waals surface area (Å²) in [7, 11) is 0. The third-order valence-corrected chi connectivity index (χ3v) is 4.38. The van der Waals surface area contributed by atoms with Gasteiger partial charge in [-0.3, -0.25) is 9.69 Å². The zero-order chi connectivity index (χ0) is 14.2. The molecule has 0 spiro atoms. The quantitative estimate of drug-likeness (QED) is 0.787. The van der Waals surface area contributed by atoms with Gasteiger partial charge in [-0.15, -0.1) is 6.58 Å². The Balaban J connectivity index is 2.23. The number of rotatable bonds is 3. The topological polar surface area (TPSA) is 44.1 Å². The molecule has 2 aliphatic rings. The number of nitrogens with zero attached hydrogens (tertiary/aromatic N) is 2. The lowest BCUT2D eigenvalue weighted by atomic mass is 9.76. The van der Waals surface area contributed by atoms with Crippen LogP contribution in [-0.2, 0) is 10.3 Å². The van der Waals surface area contributed by atoms with Gasteiger partial charge in [-0.2, -0.15) is 5.26 Å². The zero-order valence-corrected chi connectivity index (χ0v) is 11.2. The molecular weight excluding hydrogens is 248 g/mol. The molecule has 3 nitrogen and oxygen atoms in total. The van der Waals surface area contributed by atoms with Crippen molar-refractivity contribution in [1.29, 1.82) is 5.26 Å². The molecule has 100 valence electrons. The zero-order valence-electron chi connectivity index (χ0n) is 11.2. The third-order valence-electron chi connectivity index (χ3n) is 4.38. The van der Waals surface area contributed by atoms with Gasteiger partial charge in [0.15, 0.2) is 5.78 Å². The van der Waals surface area contributed by atoms with E-state index in [4.69, 9.17) is 0 Å². The average molecular weight is 264 g/mol. The number of carbonyl (C=O) groups excluding carboxylic acids is 1. The lowest BCUT2D eigenvalue weighted by Gasteiger charge is -2.42. The maximum Gasteiger partial charge on any atom is 0.181 e. The first kappa shape index (κ1) is 12.8. The van der Waals surface area contributed by atoms with Crippen molar-refractivity contribution in [1.82, 2.24) is 4.90 Å². The van der Waals surface area contributed by atoms with Crippen LogP contribution in [0.5, 0.6) is 0 Å². The summed E-state index contributed by atoms with van der Waals surface area (Å²) in [6.07, 6.45) is 6.07. The Bertz CT molecular complexity index is 614. The van der Waals surface area contributed by atoms with E-state index in [9.17, 15) is 10.1 Å². The molecule has 1 unspecified atom stereocenters. The lowest BCUT2D eigenvalue weighted by molar-refractivity contribution is -0.127. The van der Waals surface area contributed by atoms with Gasteiger partial charge < -0.3 is 0 Å². The fourth-order valence-electron chi connectivity index (χ4n) is 3.59. The fraction of sp³-hybridized carbons (Fsp3) is 0.294. The number of hydrogen-bond acceptors (Lipinski definition) is 3. The van der Waals surface area contributed by atoms with E-state index in [0.29, 0.717) is 13.0 Å². The van der Waals surface area contributed by atoms with E-state index in [1.807, 2.05) is 36.4 Å². The van der Waals surface area contributed by atoms with Crippen LogP contribution >= 0.6 is 0 Å². The molecule has 1 aromatic rings. The van der Waals surface area contributed by atoms with Crippen LogP contribution in [0, 0.1) is 17.2 Å². The molecule has 1 saturated heterocycles. The van der Waals surface area contributed by atoms with Crippen molar-refractivity contribution in [2.45, 2.75) is 18.0 Å². The van der Waals surface area contributed by atoms with Gasteiger partial charge in [-0.05, 0) is 18.1 Å². The minimum atomic E-state index is -0.844. The summed E-state index contributed by atoms with van der Waals surface area (Å²) in [5.41, 5.74) is 0.0640. The second-order valence-electron chi connectivity index (χ2n) is 5.28. The molecule has 1 aromatic carbocycles. The molecule has 2 heterocycles. The van der Waals surface area contributed by atoms with Gasteiger partial charge in [0, 0.05) is 12.6 Å². The molecule has 3 rings (SSSR count). The van der Waals surface area contributed by atoms with Crippen LogP contribution in [0.15, 0.2) is 55.1 Å². The number of carbonyl (C=O) groups is 1. The summed E-state index contributed by atoms with van der Waals surface area (Å²) < 4.78 is 0. The first-order chi connectivity index (χ1) is 9.75. The number of hydrogen-bond donors (Lipinski definition) is 0. The summed E-state index contributed by atoms with van der Waals surface area (Å²) in [6, 6.07) is 12.1. The molecule has 2 bridgehead atoms. The Hall–Kier alpha value is -2.18. The highest BCUT2D eigenvalue weighted by atomic mass is 16.1. The average Bonchev–Trinajstić information content (AvgIpc) is 2.72. The van der Waals surface area contributed by atoms with Crippen molar-refractivity contribution >= 4 is 5.78 Å². The van der Waals surface area contributed by atoms with E-state index < -0.39 is 5.54 Å². The van der Waals surface area contributed by atoms with E-state index in [0.717, 1.165) is 5.56 Å². The molecule has 0 amide bonds. The fourth-order valence-corrected chi connectivity index (χ4v) is 3.59. The molecule has 0 saturated carbocycles. The molecular formula is C17H16N2O.